The molecule has 0 aromatic carbocycles. The number of carboxylic acid groups (broad SMARTS) is 4. The largest absolute Gasteiger partial charge is 0.652 e. The van der Waals surface area contributed by atoms with Gasteiger partial charge < -0.3 is 39.5 Å². The van der Waals surface area contributed by atoms with Gasteiger partial charge in [0, 0.05) is 13.2 Å². The van der Waals surface area contributed by atoms with Crippen molar-refractivity contribution < 1.29 is 59.8 Å². The second-order valence-corrected chi connectivity index (χ2v) is 2.56. The molecule has 22 heavy (non-hydrogen) atoms. The Balaban J connectivity index is -0.000000102. The first kappa shape index (κ1) is 28.5. The van der Waals surface area contributed by atoms with Crippen LogP contribution in [0.15, 0.2) is 0 Å². The Hall–Kier alpha value is -1.70. The second kappa shape index (κ2) is 31.6. The van der Waals surface area contributed by atoms with Gasteiger partial charge in [-0.15, -0.1) is 0 Å². The molecule has 0 saturated carbocycles. The smallest absolute Gasteiger partial charge is 0.105 e. The summed E-state index contributed by atoms with van der Waals surface area (Å²) in [5, 5.41) is 48.8. The first-order valence-electron chi connectivity index (χ1n) is 5.74. The van der Waals surface area contributed by atoms with Gasteiger partial charge in [0.1, 0.15) is 13.2 Å². The maximum absolute atomic E-state index is 8.33. The fraction of sp³-hybridized carbons (Fsp3) is 0.800. The lowest BCUT2D eigenvalue weighted by Crippen LogP contribution is -2.37. The normalized spacial score (nSPS) is 8.18. The van der Waals surface area contributed by atoms with E-state index in [4.69, 9.17) is 50.0 Å². The van der Waals surface area contributed by atoms with Gasteiger partial charge in [-0.05, 0) is 26.2 Å². The number of ether oxygens (including phenoxy) is 2. The molecule has 0 aromatic heterocycles. The van der Waals surface area contributed by atoms with E-state index in [9.17, 15) is 0 Å². The van der Waals surface area contributed by atoms with Crippen LogP contribution in [0.3, 0.4) is 0 Å². The molecule has 0 amide bonds. The van der Waals surface area contributed by atoms with E-state index >= 15 is 0 Å². The van der Waals surface area contributed by atoms with E-state index in [2.05, 4.69) is 9.78 Å². The first-order chi connectivity index (χ1) is 10.3. The number of carbonyl (C=O) groups is 2. The van der Waals surface area contributed by atoms with Crippen LogP contribution >= 0.6 is 0 Å². The highest BCUT2D eigenvalue weighted by molar-refractivity contribution is 5.47. The summed E-state index contributed by atoms with van der Waals surface area (Å²) in [5.41, 5.74) is 0. The highest BCUT2D eigenvalue weighted by Gasteiger charge is 1.80. The fourth-order valence-corrected chi connectivity index (χ4v) is 0.481. The molecule has 0 heterocycles. The van der Waals surface area contributed by atoms with Crippen LogP contribution < -0.4 is 20.4 Å². The molecule has 136 valence electrons. The first-order valence-corrected chi connectivity index (χ1v) is 5.74. The molecule has 0 aliphatic heterocycles. The highest BCUT2D eigenvalue weighted by Crippen LogP contribution is 1.71. The number of hydrogen-bond donors (Lipinski definition) is 2. The van der Waals surface area contributed by atoms with Gasteiger partial charge in [0.15, 0.2) is 0 Å². The molecular formula is C10H20O12-4. The minimum absolute atomic E-state index is 0.258. The van der Waals surface area contributed by atoms with Gasteiger partial charge >= 0.3 is 0 Å². The molecule has 0 aliphatic carbocycles. The zero-order valence-corrected chi connectivity index (χ0v) is 12.2. The molecule has 0 atom stereocenters. The van der Waals surface area contributed by atoms with E-state index in [1.165, 1.54) is 0 Å². The molecule has 0 rings (SSSR count). The van der Waals surface area contributed by atoms with Gasteiger partial charge in [-0.2, -0.15) is 0 Å². The van der Waals surface area contributed by atoms with Crippen molar-refractivity contribution in [3.63, 3.8) is 0 Å². The van der Waals surface area contributed by atoms with Crippen molar-refractivity contribution in [1.29, 1.82) is 0 Å². The molecule has 12 nitrogen and oxygen atoms in total. The van der Waals surface area contributed by atoms with Crippen molar-refractivity contribution in [1.82, 2.24) is 0 Å². The Kier molecular flexibility index (Phi) is 40.9. The SMILES string of the molecule is CCOCCOO.CCOCCOO.O=C([O-])[O-].O=C([O-])[O-]. The molecule has 0 spiro atoms. The Labute approximate surface area is 126 Å². The minimum Gasteiger partial charge on any atom is -0.652 e. The fourth-order valence-electron chi connectivity index (χ4n) is 0.481. The molecule has 0 fully saturated rings. The summed E-state index contributed by atoms with van der Waals surface area (Å²) in [5.74, 6) is 0. The second-order valence-electron chi connectivity index (χ2n) is 2.56. The molecule has 0 unspecified atom stereocenters. The van der Waals surface area contributed by atoms with Crippen LogP contribution in [0.1, 0.15) is 13.8 Å². The van der Waals surface area contributed by atoms with Crippen LogP contribution in [-0.4, -0.2) is 62.5 Å². The lowest BCUT2D eigenvalue weighted by Gasteiger charge is -1.96. The van der Waals surface area contributed by atoms with Crippen LogP contribution in [0, 0.1) is 0 Å². The van der Waals surface area contributed by atoms with Crippen molar-refractivity contribution in [2.75, 3.05) is 39.6 Å². The van der Waals surface area contributed by atoms with Crippen molar-refractivity contribution in [2.24, 2.45) is 0 Å². The summed E-state index contributed by atoms with van der Waals surface area (Å²) in [6.07, 6.45) is -4.67. The van der Waals surface area contributed by atoms with Crippen molar-refractivity contribution >= 4 is 12.3 Å². The Bertz CT molecular complexity index is 172. The van der Waals surface area contributed by atoms with E-state index < -0.39 is 12.3 Å². The van der Waals surface area contributed by atoms with Gasteiger partial charge in [-0.3, -0.25) is 10.5 Å². The quantitative estimate of drug-likeness (QED) is 0.249. The summed E-state index contributed by atoms with van der Waals surface area (Å²) in [7, 11) is 0. The van der Waals surface area contributed by atoms with E-state index in [1.807, 2.05) is 13.8 Å². The molecule has 0 radical (unpaired) electrons. The molecule has 0 bridgehead atoms. The Morgan fingerprint density at radius 2 is 0.955 bits per heavy atom. The zero-order valence-electron chi connectivity index (χ0n) is 12.2. The summed E-state index contributed by atoms with van der Waals surface area (Å²) in [6.45, 7) is 6.56. The summed E-state index contributed by atoms with van der Waals surface area (Å²) < 4.78 is 9.58. The highest BCUT2D eigenvalue weighted by atomic mass is 17.1. The predicted molar refractivity (Wildman–Crippen MR) is 60.9 cm³/mol. The average molecular weight is 332 g/mol. The lowest BCUT2D eigenvalue weighted by atomic mass is 10.8. The van der Waals surface area contributed by atoms with Gasteiger partial charge in [-0.25, -0.2) is 9.78 Å². The van der Waals surface area contributed by atoms with E-state index in [0.29, 0.717) is 26.4 Å². The summed E-state index contributed by atoms with van der Waals surface area (Å²) >= 11 is 0. The molecule has 12 heteroatoms. The van der Waals surface area contributed by atoms with Gasteiger partial charge in [0.05, 0.1) is 13.2 Å². The third kappa shape index (κ3) is 138. The van der Waals surface area contributed by atoms with Crippen LogP contribution in [0.4, 0.5) is 9.59 Å². The number of hydrogen-bond acceptors (Lipinski definition) is 12. The third-order valence-electron chi connectivity index (χ3n) is 1.05. The number of carbonyl (C=O) groups excluding carboxylic acids is 2. The topological polar surface area (TPSA) is 204 Å². The molecule has 0 aromatic rings. The Morgan fingerprint density at radius 3 is 1.09 bits per heavy atom. The van der Waals surface area contributed by atoms with Crippen LogP contribution in [0.2, 0.25) is 0 Å². The zero-order chi connectivity index (χ0) is 18.2. The molecule has 2 N–H and O–H groups in total. The average Bonchev–Trinajstić information content (AvgIpc) is 2.39. The van der Waals surface area contributed by atoms with Crippen LogP contribution in [0.25, 0.3) is 0 Å². The third-order valence-corrected chi connectivity index (χ3v) is 1.05. The van der Waals surface area contributed by atoms with Gasteiger partial charge in [0.25, 0.3) is 0 Å². The van der Waals surface area contributed by atoms with Gasteiger partial charge in [0.2, 0.25) is 0 Å². The maximum Gasteiger partial charge on any atom is 0.105 e. The minimum atomic E-state index is -2.33. The van der Waals surface area contributed by atoms with Crippen molar-refractivity contribution in [3.8, 4) is 0 Å². The van der Waals surface area contributed by atoms with Crippen LogP contribution in [-0.2, 0) is 19.2 Å². The number of rotatable bonds is 8. The molecular weight excluding hydrogens is 312 g/mol. The maximum atomic E-state index is 8.33. The van der Waals surface area contributed by atoms with Crippen molar-refractivity contribution in [2.45, 2.75) is 13.8 Å². The van der Waals surface area contributed by atoms with E-state index in [0.717, 1.165) is 0 Å². The summed E-state index contributed by atoms with van der Waals surface area (Å²) in [6, 6.07) is 0. The summed E-state index contributed by atoms with van der Waals surface area (Å²) in [4.78, 5) is 24.1. The van der Waals surface area contributed by atoms with E-state index in [1.54, 1.807) is 0 Å². The molecule has 0 aliphatic rings. The molecule has 0 saturated heterocycles. The standard InChI is InChI=1S/2C4H10O3.2CH2O3/c2*1-2-6-3-4-7-5;2*2-1(3)4/h2*5H,2-4H2,1H3;2*(H2,2,3,4)/p-4. The van der Waals surface area contributed by atoms with Gasteiger partial charge in [-0.1, -0.05) is 0 Å². The van der Waals surface area contributed by atoms with E-state index in [-0.39, 0.29) is 13.2 Å². The van der Waals surface area contributed by atoms with Crippen LogP contribution in [0.5, 0.6) is 0 Å². The predicted octanol–water partition coefficient (Wildman–Crippen LogP) is -3.87. The Morgan fingerprint density at radius 1 is 0.727 bits per heavy atom. The van der Waals surface area contributed by atoms with Crippen molar-refractivity contribution in [3.05, 3.63) is 0 Å². The lowest BCUT2D eigenvalue weighted by molar-refractivity contribution is -0.417. The monoisotopic (exact) mass is 332 g/mol.